The SMILES string of the molecule is CC(C)C(=O)N[C@H](C(=O)N1C[C@H]2[C@@H]([C@H]1C(=O)NC(CC1CC1)C(=O)C(N)=O)C2(C)C)C(C)(C)c1ccccc1. The fraction of sp³-hybridized carbons (Fsp3) is 0.633. The number of fused-ring (bicyclic) bond motifs is 1. The number of nitrogens with one attached hydrogen (secondary N) is 2. The van der Waals surface area contributed by atoms with Crippen LogP contribution in [0.5, 0.6) is 0 Å². The van der Waals surface area contributed by atoms with Crippen molar-refractivity contribution in [2.75, 3.05) is 6.54 Å². The van der Waals surface area contributed by atoms with Crippen molar-refractivity contribution in [2.24, 2.45) is 34.8 Å². The lowest BCUT2D eigenvalue weighted by Gasteiger charge is -2.40. The van der Waals surface area contributed by atoms with Crippen LogP contribution in [0.25, 0.3) is 0 Å². The molecule has 4 N–H and O–H groups in total. The van der Waals surface area contributed by atoms with Crippen LogP contribution in [0.3, 0.4) is 0 Å². The van der Waals surface area contributed by atoms with Crippen LogP contribution in [-0.2, 0) is 29.4 Å². The van der Waals surface area contributed by atoms with E-state index in [1.54, 1.807) is 18.7 Å². The number of amides is 4. The van der Waals surface area contributed by atoms with Gasteiger partial charge in [-0.2, -0.15) is 0 Å². The van der Waals surface area contributed by atoms with E-state index in [1.807, 2.05) is 44.2 Å². The van der Waals surface area contributed by atoms with Gasteiger partial charge in [0.25, 0.3) is 5.91 Å². The van der Waals surface area contributed by atoms with E-state index in [1.165, 1.54) is 0 Å². The van der Waals surface area contributed by atoms with Crippen LogP contribution in [0.2, 0.25) is 0 Å². The number of Topliss-reactive ketones (excluding diaryl/α,β-unsaturated/α-hetero) is 1. The average Bonchev–Trinajstić information content (AvgIpc) is 3.73. The maximum absolute atomic E-state index is 14.3. The highest BCUT2D eigenvalue weighted by molar-refractivity contribution is 6.37. The van der Waals surface area contributed by atoms with Gasteiger partial charge in [-0.15, -0.1) is 0 Å². The van der Waals surface area contributed by atoms with E-state index in [4.69, 9.17) is 5.73 Å². The molecule has 212 valence electrons. The van der Waals surface area contributed by atoms with Crippen molar-refractivity contribution < 1.29 is 24.0 Å². The Bertz CT molecular complexity index is 1160. The first-order chi connectivity index (χ1) is 18.2. The summed E-state index contributed by atoms with van der Waals surface area (Å²) in [5.41, 5.74) is 5.25. The minimum Gasteiger partial charge on any atom is -0.363 e. The van der Waals surface area contributed by atoms with Crippen LogP contribution < -0.4 is 16.4 Å². The molecule has 9 heteroatoms. The summed E-state index contributed by atoms with van der Waals surface area (Å²) in [5.74, 6) is -2.96. The van der Waals surface area contributed by atoms with Crippen LogP contribution in [0, 0.1) is 29.1 Å². The number of nitrogens with two attached hydrogens (primary N) is 1. The van der Waals surface area contributed by atoms with Crippen molar-refractivity contribution in [1.29, 1.82) is 0 Å². The molecule has 5 atom stereocenters. The lowest BCUT2D eigenvalue weighted by atomic mass is 9.76. The fourth-order valence-electron chi connectivity index (χ4n) is 6.22. The van der Waals surface area contributed by atoms with E-state index in [9.17, 15) is 24.0 Å². The highest BCUT2D eigenvalue weighted by Crippen LogP contribution is 2.65. The molecule has 2 aliphatic carbocycles. The van der Waals surface area contributed by atoms with Gasteiger partial charge in [0.05, 0.1) is 6.04 Å². The Morgan fingerprint density at radius 3 is 2.21 bits per heavy atom. The van der Waals surface area contributed by atoms with Gasteiger partial charge in [0.2, 0.25) is 23.5 Å². The summed E-state index contributed by atoms with van der Waals surface area (Å²) >= 11 is 0. The Hall–Kier alpha value is -3.23. The summed E-state index contributed by atoms with van der Waals surface area (Å²) in [4.78, 5) is 66.9. The predicted octanol–water partition coefficient (Wildman–Crippen LogP) is 1.93. The lowest BCUT2D eigenvalue weighted by Crippen LogP contribution is -2.62. The molecule has 0 aromatic heterocycles. The zero-order chi connectivity index (χ0) is 28.9. The minimum absolute atomic E-state index is 0.0898. The third-order valence-corrected chi connectivity index (χ3v) is 9.20. The molecule has 1 saturated heterocycles. The summed E-state index contributed by atoms with van der Waals surface area (Å²) in [6.07, 6.45) is 2.24. The lowest BCUT2D eigenvalue weighted by molar-refractivity contribution is -0.146. The molecule has 3 aliphatic rings. The van der Waals surface area contributed by atoms with E-state index in [-0.39, 0.29) is 40.9 Å². The molecule has 4 rings (SSSR count). The van der Waals surface area contributed by atoms with E-state index >= 15 is 0 Å². The number of piperidine rings is 1. The monoisotopic (exact) mass is 538 g/mol. The number of hydrogen-bond donors (Lipinski definition) is 3. The van der Waals surface area contributed by atoms with Crippen molar-refractivity contribution in [3.05, 3.63) is 35.9 Å². The summed E-state index contributed by atoms with van der Waals surface area (Å²) in [6, 6.07) is 6.79. The Kier molecular flexibility index (Phi) is 7.67. The zero-order valence-corrected chi connectivity index (χ0v) is 23.8. The number of ketones is 1. The molecule has 0 spiro atoms. The molecular formula is C30H42N4O5. The van der Waals surface area contributed by atoms with Crippen LogP contribution in [0.4, 0.5) is 0 Å². The Labute approximate surface area is 230 Å². The Balaban J connectivity index is 1.64. The smallest absolute Gasteiger partial charge is 0.287 e. The third kappa shape index (κ3) is 5.58. The molecule has 39 heavy (non-hydrogen) atoms. The number of likely N-dealkylation sites (tertiary alicyclic amines) is 1. The summed E-state index contributed by atoms with van der Waals surface area (Å²) in [6.45, 7) is 11.9. The molecule has 4 amide bonds. The highest BCUT2D eigenvalue weighted by atomic mass is 16.2. The topological polar surface area (TPSA) is 139 Å². The standard InChI is InChI=1S/C30H42N4O5/c1-16(2)26(37)33-24(29(3,4)18-10-8-7-9-11-18)28(39)34-15-19-21(30(19,5)6)22(34)27(38)32-20(14-17-12-13-17)23(35)25(31)36/h7-11,16-17,19-22,24H,12-15H2,1-6H3,(H2,31,36)(H,32,38)(H,33,37)/t19-,20?,21-,22-,24+/m0/s1. The van der Waals surface area contributed by atoms with E-state index in [0.717, 1.165) is 18.4 Å². The number of primary amides is 1. The first-order valence-corrected chi connectivity index (χ1v) is 14.0. The zero-order valence-electron chi connectivity index (χ0n) is 23.8. The van der Waals surface area contributed by atoms with Gasteiger partial charge in [-0.3, -0.25) is 24.0 Å². The van der Waals surface area contributed by atoms with E-state index in [0.29, 0.717) is 13.0 Å². The van der Waals surface area contributed by atoms with Gasteiger partial charge < -0.3 is 21.3 Å². The van der Waals surface area contributed by atoms with Gasteiger partial charge in [0.15, 0.2) is 0 Å². The molecule has 3 fully saturated rings. The molecule has 1 aliphatic heterocycles. The van der Waals surface area contributed by atoms with Gasteiger partial charge >= 0.3 is 0 Å². The average molecular weight is 539 g/mol. The summed E-state index contributed by atoms with van der Waals surface area (Å²) < 4.78 is 0. The number of carbonyl (C=O) groups excluding carboxylic acids is 5. The number of hydrogen-bond acceptors (Lipinski definition) is 5. The molecule has 1 aromatic carbocycles. The second kappa shape index (κ2) is 10.4. The maximum atomic E-state index is 14.3. The first-order valence-electron chi connectivity index (χ1n) is 14.0. The predicted molar refractivity (Wildman–Crippen MR) is 146 cm³/mol. The van der Waals surface area contributed by atoms with Crippen molar-refractivity contribution in [1.82, 2.24) is 15.5 Å². The third-order valence-electron chi connectivity index (χ3n) is 9.20. The van der Waals surface area contributed by atoms with Gasteiger partial charge in [0, 0.05) is 17.9 Å². The molecule has 0 bridgehead atoms. The second-order valence-electron chi connectivity index (χ2n) is 13.0. The largest absolute Gasteiger partial charge is 0.363 e. The first kappa shape index (κ1) is 28.8. The number of benzene rings is 1. The summed E-state index contributed by atoms with van der Waals surface area (Å²) in [5, 5.41) is 5.76. The van der Waals surface area contributed by atoms with Crippen molar-refractivity contribution >= 4 is 29.4 Å². The molecule has 9 nitrogen and oxygen atoms in total. The number of nitrogens with zero attached hydrogens (tertiary/aromatic N) is 1. The Morgan fingerprint density at radius 1 is 1.05 bits per heavy atom. The van der Waals surface area contributed by atoms with E-state index in [2.05, 4.69) is 24.5 Å². The number of rotatable bonds is 11. The van der Waals surface area contributed by atoms with Crippen LogP contribution >= 0.6 is 0 Å². The highest BCUT2D eigenvalue weighted by Gasteiger charge is 2.70. The molecule has 1 heterocycles. The van der Waals surface area contributed by atoms with Gasteiger partial charge in [0.1, 0.15) is 12.1 Å². The van der Waals surface area contributed by atoms with Crippen molar-refractivity contribution in [3.63, 3.8) is 0 Å². The van der Waals surface area contributed by atoms with Crippen LogP contribution in [0.15, 0.2) is 30.3 Å². The van der Waals surface area contributed by atoms with Gasteiger partial charge in [-0.25, -0.2) is 0 Å². The molecule has 2 saturated carbocycles. The van der Waals surface area contributed by atoms with Crippen molar-refractivity contribution in [2.45, 2.75) is 84.3 Å². The molecule has 1 aromatic rings. The summed E-state index contributed by atoms with van der Waals surface area (Å²) in [7, 11) is 0. The van der Waals surface area contributed by atoms with Crippen LogP contribution in [-0.4, -0.2) is 59.0 Å². The molecule has 0 radical (unpaired) electrons. The van der Waals surface area contributed by atoms with Gasteiger partial charge in [-0.05, 0) is 35.2 Å². The minimum atomic E-state index is -1.08. The van der Waals surface area contributed by atoms with Crippen molar-refractivity contribution in [3.8, 4) is 0 Å². The van der Waals surface area contributed by atoms with Crippen LogP contribution in [0.1, 0.15) is 66.4 Å². The normalized spacial score (nSPS) is 24.9. The fourth-order valence-corrected chi connectivity index (χ4v) is 6.22. The quantitative estimate of drug-likeness (QED) is 0.370. The molecule has 1 unspecified atom stereocenters. The maximum Gasteiger partial charge on any atom is 0.287 e. The van der Waals surface area contributed by atoms with E-state index < -0.39 is 41.1 Å². The van der Waals surface area contributed by atoms with Gasteiger partial charge in [-0.1, -0.05) is 84.7 Å². The number of carbonyl (C=O) groups is 5. The molecular weight excluding hydrogens is 496 g/mol. The Morgan fingerprint density at radius 2 is 1.67 bits per heavy atom. The second-order valence-corrected chi connectivity index (χ2v) is 13.0.